The number of benzene rings is 3. The van der Waals surface area contributed by atoms with Gasteiger partial charge in [0, 0.05) is 29.8 Å². The molecule has 0 fully saturated rings. The van der Waals surface area contributed by atoms with Crippen LogP contribution in [0.5, 0.6) is 5.75 Å². The molecule has 9 nitrogen and oxygen atoms in total. The molecule has 0 aliphatic carbocycles. The fourth-order valence-electron chi connectivity index (χ4n) is 5.19. The van der Waals surface area contributed by atoms with Gasteiger partial charge >= 0.3 is 0 Å². The molecule has 0 bridgehead atoms. The number of rotatable bonds is 7. The standard InChI is InChI=1S/C32H30Cl2FN5O4/c1-17-13-23-27(16-39(17)30(42)21-7-11-24(33)25(34)14-21)38-32(37-18(2)20-8-12-26(35)28(15-20)44-4)40(31(23)43)22-9-5-19(6-10-22)29(41)36-3/h5-12,14-15,17-18H,13,16H2,1-4H3,(H,36,41)(H,37,38)/t17-,18-/m1/s1. The maximum Gasteiger partial charge on any atom is 0.263 e. The highest BCUT2D eigenvalue weighted by Crippen LogP contribution is 2.29. The van der Waals surface area contributed by atoms with Gasteiger partial charge in [0.05, 0.1) is 41.1 Å². The van der Waals surface area contributed by atoms with Crippen molar-refractivity contribution in [1.82, 2.24) is 19.8 Å². The molecule has 1 aliphatic rings. The Kier molecular flexibility index (Phi) is 8.94. The van der Waals surface area contributed by atoms with Crippen LogP contribution in [0.4, 0.5) is 10.3 Å². The first kappa shape index (κ1) is 31.0. The Morgan fingerprint density at radius 2 is 1.75 bits per heavy atom. The minimum absolute atomic E-state index is 0.0853. The minimum Gasteiger partial charge on any atom is -0.494 e. The Hall–Kier alpha value is -4.41. The van der Waals surface area contributed by atoms with Crippen LogP contribution in [0.15, 0.2) is 65.5 Å². The van der Waals surface area contributed by atoms with Gasteiger partial charge in [-0.05, 0) is 80.4 Å². The third kappa shape index (κ3) is 6.00. The van der Waals surface area contributed by atoms with Crippen LogP contribution in [-0.4, -0.2) is 46.5 Å². The van der Waals surface area contributed by atoms with Gasteiger partial charge in [0.25, 0.3) is 17.4 Å². The summed E-state index contributed by atoms with van der Waals surface area (Å²) in [5.41, 5.74) is 2.62. The zero-order valence-electron chi connectivity index (χ0n) is 24.5. The predicted octanol–water partition coefficient (Wildman–Crippen LogP) is 5.81. The lowest BCUT2D eigenvalue weighted by molar-refractivity contribution is 0.0653. The monoisotopic (exact) mass is 637 g/mol. The van der Waals surface area contributed by atoms with E-state index in [0.717, 1.165) is 0 Å². The van der Waals surface area contributed by atoms with Gasteiger partial charge in [0.2, 0.25) is 5.95 Å². The minimum atomic E-state index is -0.496. The number of carbonyl (C=O) groups excluding carboxylic acids is 2. The Labute approximate surface area is 263 Å². The van der Waals surface area contributed by atoms with Gasteiger partial charge in [-0.25, -0.2) is 13.9 Å². The number of carbonyl (C=O) groups is 2. The van der Waals surface area contributed by atoms with E-state index in [-0.39, 0.29) is 53.1 Å². The van der Waals surface area contributed by atoms with Crippen molar-refractivity contribution in [3.63, 3.8) is 0 Å². The summed E-state index contributed by atoms with van der Waals surface area (Å²) in [6, 6.07) is 15.1. The molecule has 0 saturated heterocycles. The van der Waals surface area contributed by atoms with Crippen molar-refractivity contribution in [2.24, 2.45) is 0 Å². The number of amides is 2. The Balaban J connectivity index is 1.58. The van der Waals surface area contributed by atoms with Crippen molar-refractivity contribution in [2.45, 2.75) is 38.9 Å². The molecule has 2 heterocycles. The van der Waals surface area contributed by atoms with E-state index >= 15 is 0 Å². The molecule has 0 unspecified atom stereocenters. The van der Waals surface area contributed by atoms with Gasteiger partial charge in [-0.15, -0.1) is 0 Å². The maximum absolute atomic E-state index is 14.1. The fraction of sp³-hybridized carbons (Fsp3) is 0.250. The first-order valence-electron chi connectivity index (χ1n) is 13.9. The molecule has 5 rings (SSSR count). The van der Waals surface area contributed by atoms with E-state index in [2.05, 4.69) is 10.6 Å². The second-order valence-electron chi connectivity index (χ2n) is 10.5. The van der Waals surface area contributed by atoms with Crippen molar-refractivity contribution in [3.05, 3.63) is 115 Å². The van der Waals surface area contributed by atoms with Crippen molar-refractivity contribution in [3.8, 4) is 11.4 Å². The molecule has 2 amide bonds. The van der Waals surface area contributed by atoms with Gasteiger partial charge in [-0.2, -0.15) is 0 Å². The van der Waals surface area contributed by atoms with E-state index in [9.17, 15) is 18.8 Å². The van der Waals surface area contributed by atoms with E-state index in [1.54, 1.807) is 60.5 Å². The number of nitrogens with zero attached hydrogens (tertiary/aromatic N) is 3. The maximum atomic E-state index is 14.1. The van der Waals surface area contributed by atoms with E-state index in [0.29, 0.717) is 38.7 Å². The van der Waals surface area contributed by atoms with Crippen LogP contribution in [0.2, 0.25) is 10.0 Å². The molecular weight excluding hydrogens is 608 g/mol. The van der Waals surface area contributed by atoms with E-state index < -0.39 is 11.9 Å². The third-order valence-corrected chi connectivity index (χ3v) is 8.42. The molecule has 1 aliphatic heterocycles. The molecule has 0 spiro atoms. The first-order chi connectivity index (χ1) is 21.0. The highest BCUT2D eigenvalue weighted by molar-refractivity contribution is 6.42. The second kappa shape index (κ2) is 12.7. The lowest BCUT2D eigenvalue weighted by atomic mass is 9.98. The molecule has 0 saturated carbocycles. The Morgan fingerprint density at radius 3 is 2.41 bits per heavy atom. The van der Waals surface area contributed by atoms with Crippen LogP contribution in [-0.2, 0) is 13.0 Å². The third-order valence-electron chi connectivity index (χ3n) is 7.68. The summed E-state index contributed by atoms with van der Waals surface area (Å²) in [6.07, 6.45) is 0.273. The summed E-state index contributed by atoms with van der Waals surface area (Å²) in [6.45, 7) is 3.81. The van der Waals surface area contributed by atoms with Crippen LogP contribution in [0.3, 0.4) is 0 Å². The van der Waals surface area contributed by atoms with Gasteiger partial charge < -0.3 is 20.3 Å². The molecule has 4 aromatic rings. The average molecular weight is 639 g/mol. The zero-order chi connectivity index (χ0) is 31.7. The number of hydrogen-bond donors (Lipinski definition) is 2. The number of methoxy groups -OCH3 is 1. The highest BCUT2D eigenvalue weighted by Gasteiger charge is 2.32. The molecule has 3 aromatic carbocycles. The quantitative estimate of drug-likeness (QED) is 0.265. The summed E-state index contributed by atoms with van der Waals surface area (Å²) >= 11 is 12.2. The van der Waals surface area contributed by atoms with Crippen LogP contribution >= 0.6 is 23.2 Å². The van der Waals surface area contributed by atoms with Crippen molar-refractivity contribution in [2.75, 3.05) is 19.5 Å². The van der Waals surface area contributed by atoms with Crippen LogP contribution in [0.25, 0.3) is 5.69 Å². The zero-order valence-corrected chi connectivity index (χ0v) is 26.0. The lowest BCUT2D eigenvalue weighted by Crippen LogP contribution is -2.46. The molecule has 44 heavy (non-hydrogen) atoms. The van der Waals surface area contributed by atoms with Gasteiger partial charge in [0.1, 0.15) is 0 Å². The molecule has 2 atom stereocenters. The Morgan fingerprint density at radius 1 is 1.05 bits per heavy atom. The fourth-order valence-corrected chi connectivity index (χ4v) is 5.49. The SMILES string of the molecule is CNC(=O)c1ccc(-n2c(N[C@H](C)c3ccc(F)c(OC)c3)nc3c(c2=O)C[C@@H](C)N(C(=O)c2ccc(Cl)c(Cl)c2)C3)cc1. The number of ether oxygens (including phenoxy) is 1. The molecule has 0 radical (unpaired) electrons. The number of nitrogens with one attached hydrogen (secondary N) is 2. The average Bonchev–Trinajstić information content (AvgIpc) is 3.02. The number of anilines is 1. The van der Waals surface area contributed by atoms with Crippen LogP contribution < -0.4 is 20.9 Å². The predicted molar refractivity (Wildman–Crippen MR) is 168 cm³/mol. The van der Waals surface area contributed by atoms with Gasteiger partial charge in [-0.1, -0.05) is 29.3 Å². The van der Waals surface area contributed by atoms with Crippen LogP contribution in [0, 0.1) is 5.82 Å². The Bertz CT molecular complexity index is 1810. The first-order valence-corrected chi connectivity index (χ1v) is 14.6. The number of aromatic nitrogens is 2. The highest BCUT2D eigenvalue weighted by atomic mass is 35.5. The van der Waals surface area contributed by atoms with Crippen molar-refractivity contribution >= 4 is 41.0 Å². The molecule has 1 aromatic heterocycles. The normalized spacial score (nSPS) is 14.9. The molecular formula is C32H30Cl2FN5O4. The topological polar surface area (TPSA) is 106 Å². The molecule has 228 valence electrons. The summed E-state index contributed by atoms with van der Waals surface area (Å²) < 4.78 is 20.7. The molecule has 12 heteroatoms. The molecule has 2 N–H and O–H groups in total. The van der Waals surface area contributed by atoms with E-state index in [1.165, 1.54) is 23.8 Å². The number of halogens is 3. The second-order valence-corrected chi connectivity index (χ2v) is 11.3. The van der Waals surface area contributed by atoms with Crippen molar-refractivity contribution in [1.29, 1.82) is 0 Å². The van der Waals surface area contributed by atoms with Gasteiger partial charge in [0.15, 0.2) is 11.6 Å². The summed E-state index contributed by atoms with van der Waals surface area (Å²) in [5, 5.41) is 6.49. The van der Waals surface area contributed by atoms with Gasteiger partial charge in [-0.3, -0.25) is 14.4 Å². The van der Waals surface area contributed by atoms with E-state index in [4.69, 9.17) is 32.9 Å². The lowest BCUT2D eigenvalue weighted by Gasteiger charge is -2.35. The summed E-state index contributed by atoms with van der Waals surface area (Å²) in [5.74, 6) is -0.718. The summed E-state index contributed by atoms with van der Waals surface area (Å²) in [4.78, 5) is 46.3. The van der Waals surface area contributed by atoms with Crippen LogP contribution in [0.1, 0.15) is 57.4 Å². The van der Waals surface area contributed by atoms with Crippen molar-refractivity contribution < 1.29 is 18.7 Å². The summed E-state index contributed by atoms with van der Waals surface area (Å²) in [7, 11) is 2.93. The smallest absolute Gasteiger partial charge is 0.263 e. The number of fused-ring (bicyclic) bond motifs is 1. The van der Waals surface area contributed by atoms with E-state index in [1.807, 2.05) is 13.8 Å². The largest absolute Gasteiger partial charge is 0.494 e. The number of hydrogen-bond acceptors (Lipinski definition) is 6.